The van der Waals surface area contributed by atoms with Gasteiger partial charge in [-0.25, -0.2) is 0 Å². The molecule has 0 saturated carbocycles. The highest BCUT2D eigenvalue weighted by molar-refractivity contribution is 7.99. The molecular formula is C42H33NS. The second kappa shape index (κ2) is 12.7. The Morgan fingerprint density at radius 2 is 0.818 bits per heavy atom. The fraction of sp³-hybridized carbons (Fsp3) is 0.0476. The lowest BCUT2D eigenvalue weighted by atomic mass is 9.95. The molecule has 0 aromatic heterocycles. The lowest BCUT2D eigenvalue weighted by Crippen LogP contribution is -2.20. The Hall–Kier alpha value is -5.05. The maximum atomic E-state index is 2.44. The molecule has 0 N–H and O–H groups in total. The maximum absolute atomic E-state index is 2.44. The Bertz CT molecular complexity index is 1720. The quantitative estimate of drug-likeness (QED) is 0.172. The molecule has 0 bridgehead atoms. The molecule has 0 radical (unpaired) electrons. The minimum absolute atomic E-state index is 0.906. The minimum Gasteiger partial charge on any atom is -0.340 e. The normalized spacial score (nSPS) is 11.7. The van der Waals surface area contributed by atoms with Gasteiger partial charge in [-0.1, -0.05) is 145 Å². The molecule has 6 aromatic carbocycles. The average molecular weight is 584 g/mol. The van der Waals surface area contributed by atoms with Crippen LogP contribution in [0.25, 0.3) is 23.3 Å². The number of hydrogen-bond acceptors (Lipinski definition) is 2. The van der Waals surface area contributed by atoms with E-state index in [1.807, 2.05) is 11.8 Å². The predicted molar refractivity (Wildman–Crippen MR) is 189 cm³/mol. The van der Waals surface area contributed by atoms with E-state index in [0.29, 0.717) is 0 Å². The van der Waals surface area contributed by atoms with Crippen LogP contribution in [0, 0.1) is 0 Å². The summed E-state index contributed by atoms with van der Waals surface area (Å²) in [6, 6.07) is 56.4. The Kier molecular flexibility index (Phi) is 7.99. The van der Waals surface area contributed by atoms with Gasteiger partial charge < -0.3 is 4.90 Å². The molecule has 0 fully saturated rings. The van der Waals surface area contributed by atoms with Gasteiger partial charge in [-0.05, 0) is 87.9 Å². The molecule has 1 nitrogen and oxygen atoms in total. The molecule has 0 atom stereocenters. The van der Waals surface area contributed by atoms with Gasteiger partial charge in [0.1, 0.15) is 0 Å². The van der Waals surface area contributed by atoms with Crippen molar-refractivity contribution in [3.63, 3.8) is 0 Å². The molecular weight excluding hydrogens is 551 g/mol. The van der Waals surface area contributed by atoms with Crippen molar-refractivity contribution < 1.29 is 0 Å². The van der Waals surface area contributed by atoms with Crippen LogP contribution in [0.15, 0.2) is 168 Å². The Morgan fingerprint density at radius 3 is 1.14 bits per heavy atom. The van der Waals surface area contributed by atoms with Gasteiger partial charge in [0, 0.05) is 16.3 Å². The van der Waals surface area contributed by atoms with Gasteiger partial charge >= 0.3 is 0 Å². The van der Waals surface area contributed by atoms with Gasteiger partial charge in [0.05, 0.1) is 11.4 Å². The van der Waals surface area contributed by atoms with Crippen molar-refractivity contribution >= 4 is 46.4 Å². The fourth-order valence-electron chi connectivity index (χ4n) is 5.91. The second-order valence-corrected chi connectivity index (χ2v) is 12.0. The molecule has 1 heterocycles. The van der Waals surface area contributed by atoms with E-state index in [2.05, 4.69) is 182 Å². The molecule has 7 rings (SSSR count). The Balaban J connectivity index is 1.28. The van der Waals surface area contributed by atoms with E-state index in [0.717, 1.165) is 6.54 Å². The van der Waals surface area contributed by atoms with E-state index in [4.69, 9.17) is 0 Å². The van der Waals surface area contributed by atoms with Crippen LogP contribution in [0.3, 0.4) is 0 Å². The van der Waals surface area contributed by atoms with Crippen LogP contribution in [0.1, 0.15) is 40.3 Å². The van der Waals surface area contributed by atoms with Gasteiger partial charge in [0.25, 0.3) is 0 Å². The Morgan fingerprint density at radius 1 is 0.477 bits per heavy atom. The van der Waals surface area contributed by atoms with Crippen molar-refractivity contribution in [1.29, 1.82) is 0 Å². The third kappa shape index (κ3) is 5.77. The smallest absolute Gasteiger partial charge is 0.0553 e. The van der Waals surface area contributed by atoms with E-state index in [-0.39, 0.29) is 0 Å². The van der Waals surface area contributed by atoms with Gasteiger partial charge in [-0.2, -0.15) is 0 Å². The zero-order valence-corrected chi connectivity index (χ0v) is 25.5. The molecule has 44 heavy (non-hydrogen) atoms. The van der Waals surface area contributed by atoms with Crippen LogP contribution in [-0.4, -0.2) is 6.54 Å². The van der Waals surface area contributed by atoms with Crippen LogP contribution in [0.4, 0.5) is 11.4 Å². The predicted octanol–water partition coefficient (Wildman–Crippen LogP) is 11.5. The van der Waals surface area contributed by atoms with Crippen LogP contribution < -0.4 is 4.90 Å². The molecule has 1 aliphatic rings. The topological polar surface area (TPSA) is 3.24 Å². The summed E-state index contributed by atoms with van der Waals surface area (Å²) in [4.78, 5) is 4.99. The van der Waals surface area contributed by atoms with Crippen molar-refractivity contribution in [3.8, 4) is 0 Å². The third-order valence-electron chi connectivity index (χ3n) is 8.05. The van der Waals surface area contributed by atoms with Crippen LogP contribution in [0.5, 0.6) is 0 Å². The monoisotopic (exact) mass is 583 g/mol. The number of fused-ring (bicyclic) bond motifs is 2. The molecule has 0 spiro atoms. The molecule has 0 unspecified atom stereocenters. The summed E-state index contributed by atoms with van der Waals surface area (Å²) >= 11 is 1.87. The lowest BCUT2D eigenvalue weighted by Gasteiger charge is -2.32. The number of benzene rings is 6. The summed E-state index contributed by atoms with van der Waals surface area (Å²) in [7, 11) is 0. The minimum atomic E-state index is 0.906. The lowest BCUT2D eigenvalue weighted by molar-refractivity contribution is 0.978. The first-order chi connectivity index (χ1) is 21.8. The standard InChI is InChI=1S/C42H33NS/c1-2-43-39-25-23-31(27-37(33-15-7-3-8-16-33)34-17-9-4-10-18-34)29-41(39)44-42-30-32(24-26-40(42)43)28-38(35-19-11-5-12-20-35)36-21-13-6-14-22-36/h3-30H,2H2,1H3. The summed E-state index contributed by atoms with van der Waals surface area (Å²) in [5.74, 6) is 0. The molecule has 1 aliphatic heterocycles. The molecule has 2 heteroatoms. The second-order valence-electron chi connectivity index (χ2n) is 10.9. The summed E-state index contributed by atoms with van der Waals surface area (Å²) in [6.45, 7) is 3.14. The summed E-state index contributed by atoms with van der Waals surface area (Å²) < 4.78 is 0. The number of hydrogen-bond donors (Lipinski definition) is 0. The van der Waals surface area contributed by atoms with Crippen molar-refractivity contribution in [3.05, 3.63) is 191 Å². The number of anilines is 2. The van der Waals surface area contributed by atoms with E-state index >= 15 is 0 Å². The van der Waals surface area contributed by atoms with Gasteiger partial charge in [-0.15, -0.1) is 0 Å². The van der Waals surface area contributed by atoms with Crippen molar-refractivity contribution in [2.75, 3.05) is 11.4 Å². The summed E-state index contributed by atoms with van der Waals surface area (Å²) in [6.07, 6.45) is 4.64. The van der Waals surface area contributed by atoms with E-state index < -0.39 is 0 Å². The molecule has 212 valence electrons. The third-order valence-corrected chi connectivity index (χ3v) is 9.14. The highest BCUT2D eigenvalue weighted by Gasteiger charge is 2.23. The first kappa shape index (κ1) is 27.8. The van der Waals surface area contributed by atoms with E-state index in [9.17, 15) is 0 Å². The van der Waals surface area contributed by atoms with Crippen molar-refractivity contribution in [2.45, 2.75) is 16.7 Å². The molecule has 0 amide bonds. The van der Waals surface area contributed by atoms with E-state index in [1.165, 1.54) is 65.7 Å². The van der Waals surface area contributed by atoms with Crippen LogP contribution in [0.2, 0.25) is 0 Å². The van der Waals surface area contributed by atoms with Crippen molar-refractivity contribution in [2.24, 2.45) is 0 Å². The van der Waals surface area contributed by atoms with Crippen LogP contribution >= 0.6 is 11.8 Å². The highest BCUT2D eigenvalue weighted by atomic mass is 32.2. The number of nitrogens with zero attached hydrogens (tertiary/aromatic N) is 1. The summed E-state index contributed by atoms with van der Waals surface area (Å²) in [5.41, 5.74) is 12.2. The SMILES string of the molecule is CCN1c2ccc(C=C(c3ccccc3)c3ccccc3)cc2Sc2cc(C=C(c3ccccc3)c3ccccc3)ccc21. The first-order valence-corrected chi connectivity index (χ1v) is 16.0. The molecule has 0 aliphatic carbocycles. The van der Waals surface area contributed by atoms with Gasteiger partial charge in [0.15, 0.2) is 0 Å². The maximum Gasteiger partial charge on any atom is 0.0553 e. The highest BCUT2D eigenvalue weighted by Crippen LogP contribution is 2.49. The molecule has 0 saturated heterocycles. The Labute approximate surface area is 264 Å². The molecule has 6 aromatic rings. The number of rotatable bonds is 7. The zero-order chi connectivity index (χ0) is 29.7. The summed E-state index contributed by atoms with van der Waals surface area (Å²) in [5, 5.41) is 0. The van der Waals surface area contributed by atoms with Crippen LogP contribution in [-0.2, 0) is 0 Å². The van der Waals surface area contributed by atoms with Crippen molar-refractivity contribution in [1.82, 2.24) is 0 Å². The first-order valence-electron chi connectivity index (χ1n) is 15.2. The fourth-order valence-corrected chi connectivity index (χ4v) is 7.10. The zero-order valence-electron chi connectivity index (χ0n) is 24.7. The van der Waals surface area contributed by atoms with Gasteiger partial charge in [0.2, 0.25) is 0 Å². The average Bonchev–Trinajstić information content (AvgIpc) is 3.10. The largest absolute Gasteiger partial charge is 0.340 e. The van der Waals surface area contributed by atoms with E-state index in [1.54, 1.807) is 0 Å². The van der Waals surface area contributed by atoms with Gasteiger partial charge in [-0.3, -0.25) is 0 Å².